The second kappa shape index (κ2) is 7.65. The fourth-order valence-corrected chi connectivity index (χ4v) is 3.09. The quantitative estimate of drug-likeness (QED) is 0.834. The molecule has 0 radical (unpaired) electrons. The Morgan fingerprint density at radius 3 is 2.65 bits per heavy atom. The molecule has 0 spiro atoms. The van der Waals surface area contributed by atoms with Crippen molar-refractivity contribution < 1.29 is 14.0 Å². The number of carbonyl (C=O) groups excluding carboxylic acids is 2. The Bertz CT molecular complexity index is 888. The van der Waals surface area contributed by atoms with Crippen molar-refractivity contribution in [2.24, 2.45) is 0 Å². The van der Waals surface area contributed by atoms with Crippen molar-refractivity contribution in [3.05, 3.63) is 46.0 Å². The maximum Gasteiger partial charge on any atom is 0.259 e. The van der Waals surface area contributed by atoms with Crippen molar-refractivity contribution in [2.45, 2.75) is 6.92 Å². The summed E-state index contributed by atoms with van der Waals surface area (Å²) in [6, 6.07) is 3.86. The number of nitrogens with one attached hydrogen (secondary N) is 2. The van der Waals surface area contributed by atoms with E-state index in [4.69, 9.17) is 0 Å². The molecule has 138 valence electrons. The lowest BCUT2D eigenvalue weighted by molar-refractivity contribution is -0.122. The number of aromatic nitrogens is 1. The lowest BCUT2D eigenvalue weighted by Crippen LogP contribution is -2.51. The van der Waals surface area contributed by atoms with Crippen molar-refractivity contribution in [2.75, 3.05) is 39.3 Å². The van der Waals surface area contributed by atoms with E-state index in [1.807, 2.05) is 11.8 Å². The van der Waals surface area contributed by atoms with Gasteiger partial charge in [-0.05, 0) is 25.1 Å². The first-order chi connectivity index (χ1) is 12.5. The Morgan fingerprint density at radius 2 is 1.96 bits per heavy atom. The molecule has 2 heterocycles. The fourth-order valence-electron chi connectivity index (χ4n) is 3.09. The number of likely N-dealkylation sites (N-methyl/N-ethyl adjacent to an activating group) is 1. The van der Waals surface area contributed by atoms with Crippen LogP contribution in [0.4, 0.5) is 4.39 Å². The number of carbonyl (C=O) groups is 2. The molecule has 3 rings (SSSR count). The molecular weight excluding hydrogens is 339 g/mol. The summed E-state index contributed by atoms with van der Waals surface area (Å²) in [5.74, 6) is -0.943. The number of piperazine rings is 1. The van der Waals surface area contributed by atoms with Gasteiger partial charge in [-0.2, -0.15) is 0 Å². The molecular formula is C18H21FN4O3. The summed E-state index contributed by atoms with van der Waals surface area (Å²) >= 11 is 0. The molecule has 2 aromatic rings. The topological polar surface area (TPSA) is 85.5 Å². The van der Waals surface area contributed by atoms with Gasteiger partial charge in [0.1, 0.15) is 11.4 Å². The van der Waals surface area contributed by atoms with Crippen LogP contribution in [0.25, 0.3) is 10.9 Å². The smallest absolute Gasteiger partial charge is 0.259 e. The fraction of sp³-hybridized carbons (Fsp3) is 0.389. The summed E-state index contributed by atoms with van der Waals surface area (Å²) in [7, 11) is 0. The average Bonchev–Trinajstić information content (AvgIpc) is 2.63. The van der Waals surface area contributed by atoms with E-state index in [1.54, 1.807) is 4.90 Å². The highest BCUT2D eigenvalue weighted by molar-refractivity contribution is 5.97. The first kappa shape index (κ1) is 18.1. The van der Waals surface area contributed by atoms with Gasteiger partial charge in [0.2, 0.25) is 11.3 Å². The van der Waals surface area contributed by atoms with Crippen molar-refractivity contribution in [1.82, 2.24) is 20.1 Å². The van der Waals surface area contributed by atoms with E-state index in [0.29, 0.717) is 44.8 Å². The molecule has 0 aliphatic carbocycles. The zero-order valence-corrected chi connectivity index (χ0v) is 14.5. The third-order valence-electron chi connectivity index (χ3n) is 4.47. The molecule has 0 atom stereocenters. The normalized spacial score (nSPS) is 15.2. The Kier molecular flexibility index (Phi) is 5.32. The minimum atomic E-state index is -0.522. The first-order valence-electron chi connectivity index (χ1n) is 8.59. The number of rotatable bonds is 4. The number of aromatic amines is 1. The van der Waals surface area contributed by atoms with Crippen LogP contribution in [-0.4, -0.2) is 65.9 Å². The van der Waals surface area contributed by atoms with Gasteiger partial charge in [0, 0.05) is 49.8 Å². The monoisotopic (exact) mass is 360 g/mol. The van der Waals surface area contributed by atoms with Crippen LogP contribution < -0.4 is 10.7 Å². The number of hydrogen-bond donors (Lipinski definition) is 2. The third kappa shape index (κ3) is 3.75. The Morgan fingerprint density at radius 1 is 1.23 bits per heavy atom. The summed E-state index contributed by atoms with van der Waals surface area (Å²) in [6.07, 6.45) is 1.38. The second-order valence-electron chi connectivity index (χ2n) is 6.24. The average molecular weight is 360 g/mol. The molecule has 1 aliphatic heterocycles. The Hall–Kier alpha value is -2.74. The van der Waals surface area contributed by atoms with E-state index < -0.39 is 11.2 Å². The largest absolute Gasteiger partial charge is 0.360 e. The summed E-state index contributed by atoms with van der Waals surface area (Å²) in [4.78, 5) is 43.3. The van der Waals surface area contributed by atoms with Gasteiger partial charge in [-0.15, -0.1) is 0 Å². The molecule has 7 nitrogen and oxygen atoms in total. The van der Waals surface area contributed by atoms with E-state index in [0.717, 1.165) is 6.07 Å². The van der Waals surface area contributed by atoms with Crippen molar-refractivity contribution in [1.29, 1.82) is 0 Å². The van der Waals surface area contributed by atoms with Gasteiger partial charge in [0.25, 0.3) is 5.91 Å². The van der Waals surface area contributed by atoms with Gasteiger partial charge < -0.3 is 15.2 Å². The molecule has 2 N–H and O–H groups in total. The number of nitrogens with zero attached hydrogens (tertiary/aromatic N) is 2. The third-order valence-corrected chi connectivity index (χ3v) is 4.47. The van der Waals surface area contributed by atoms with Crippen LogP contribution in [0.1, 0.15) is 17.3 Å². The highest BCUT2D eigenvalue weighted by atomic mass is 19.1. The standard InChI is InChI=1S/C18H21FN4O3/c1-2-20-16(24)11-22-5-7-23(8-6-22)18(26)14-10-21-15-4-3-12(19)9-13(15)17(14)25/h3-4,9-10H,2,5-8,11H2,1H3,(H,20,24)(H,21,25). The molecule has 1 saturated heterocycles. The van der Waals surface area contributed by atoms with Crippen LogP contribution in [0.15, 0.2) is 29.2 Å². The maximum atomic E-state index is 13.4. The van der Waals surface area contributed by atoms with Crippen molar-refractivity contribution in [3.8, 4) is 0 Å². The highest BCUT2D eigenvalue weighted by Crippen LogP contribution is 2.12. The number of fused-ring (bicyclic) bond motifs is 1. The number of hydrogen-bond acceptors (Lipinski definition) is 4. The summed E-state index contributed by atoms with van der Waals surface area (Å²) < 4.78 is 13.4. The molecule has 0 bridgehead atoms. The van der Waals surface area contributed by atoms with Gasteiger partial charge in [-0.1, -0.05) is 0 Å². The second-order valence-corrected chi connectivity index (χ2v) is 6.24. The Balaban J connectivity index is 1.71. The van der Waals surface area contributed by atoms with Gasteiger partial charge in [0.15, 0.2) is 0 Å². The molecule has 0 unspecified atom stereocenters. The minimum absolute atomic E-state index is 0.000256. The lowest BCUT2D eigenvalue weighted by Gasteiger charge is -2.34. The van der Waals surface area contributed by atoms with Crippen LogP contribution in [0, 0.1) is 5.82 Å². The molecule has 2 amide bonds. The van der Waals surface area contributed by atoms with Gasteiger partial charge in [-0.25, -0.2) is 4.39 Å². The first-order valence-corrected chi connectivity index (χ1v) is 8.59. The number of amides is 2. The Labute approximate surface area is 149 Å². The number of benzene rings is 1. The van der Waals surface area contributed by atoms with Gasteiger partial charge in [-0.3, -0.25) is 19.3 Å². The zero-order chi connectivity index (χ0) is 18.7. The van der Waals surface area contributed by atoms with Crippen LogP contribution in [0.5, 0.6) is 0 Å². The molecule has 8 heteroatoms. The number of H-pyrrole nitrogens is 1. The lowest BCUT2D eigenvalue weighted by atomic mass is 10.1. The van der Waals surface area contributed by atoms with E-state index >= 15 is 0 Å². The van der Waals surface area contributed by atoms with Gasteiger partial charge >= 0.3 is 0 Å². The zero-order valence-electron chi connectivity index (χ0n) is 14.5. The van der Waals surface area contributed by atoms with E-state index in [1.165, 1.54) is 18.3 Å². The summed E-state index contributed by atoms with van der Waals surface area (Å²) in [5.41, 5.74) is 0.00739. The molecule has 1 aliphatic rings. The molecule has 1 aromatic carbocycles. The van der Waals surface area contributed by atoms with Crippen LogP contribution in [-0.2, 0) is 4.79 Å². The van der Waals surface area contributed by atoms with Crippen LogP contribution >= 0.6 is 0 Å². The molecule has 26 heavy (non-hydrogen) atoms. The van der Waals surface area contributed by atoms with E-state index in [2.05, 4.69) is 10.3 Å². The van der Waals surface area contributed by atoms with Crippen LogP contribution in [0.3, 0.4) is 0 Å². The maximum absolute atomic E-state index is 13.4. The van der Waals surface area contributed by atoms with Gasteiger partial charge in [0.05, 0.1) is 6.54 Å². The van der Waals surface area contributed by atoms with Crippen LogP contribution in [0.2, 0.25) is 0 Å². The van der Waals surface area contributed by atoms with Crippen molar-refractivity contribution in [3.63, 3.8) is 0 Å². The number of pyridine rings is 1. The molecule has 1 aromatic heterocycles. The highest BCUT2D eigenvalue weighted by Gasteiger charge is 2.25. The summed E-state index contributed by atoms with van der Waals surface area (Å²) in [6.45, 7) is 4.72. The van der Waals surface area contributed by atoms with E-state index in [-0.39, 0.29) is 22.8 Å². The predicted octanol–water partition coefficient (Wildman–Crippen LogP) is 0.561. The molecule has 1 fully saturated rings. The minimum Gasteiger partial charge on any atom is -0.360 e. The summed E-state index contributed by atoms with van der Waals surface area (Å²) in [5, 5.41) is 2.90. The SMILES string of the molecule is CCNC(=O)CN1CCN(C(=O)c2c[nH]c3ccc(F)cc3c2=O)CC1. The van der Waals surface area contributed by atoms with Crippen molar-refractivity contribution >= 4 is 22.7 Å². The number of halogens is 1. The van der Waals surface area contributed by atoms with E-state index in [9.17, 15) is 18.8 Å². The predicted molar refractivity (Wildman–Crippen MR) is 95.6 cm³/mol. The molecule has 0 saturated carbocycles.